The van der Waals surface area contributed by atoms with Gasteiger partial charge in [0.1, 0.15) is 0 Å². The van der Waals surface area contributed by atoms with Crippen LogP contribution in [0.25, 0.3) is 0 Å². The molecule has 1 N–H and O–H groups in total. The van der Waals surface area contributed by atoms with Gasteiger partial charge in [0.05, 0.1) is 16.2 Å². The third-order valence-corrected chi connectivity index (χ3v) is 7.26. The van der Waals surface area contributed by atoms with E-state index < -0.39 is 15.4 Å². The van der Waals surface area contributed by atoms with Crippen LogP contribution in [-0.2, 0) is 10.1 Å². The molecule has 0 aliphatic carbocycles. The van der Waals surface area contributed by atoms with Crippen LogP contribution >= 0.6 is 0 Å². The summed E-state index contributed by atoms with van der Waals surface area (Å²) < 4.78 is 33.5. The largest absolute Gasteiger partial charge is 1.00 e. The Morgan fingerprint density at radius 3 is 1.33 bits per heavy atom. The Hall–Kier alpha value is 1.51. The Balaban J connectivity index is 0. The average Bonchev–Trinajstić information content (AvgIpc) is 2.67. The van der Waals surface area contributed by atoms with E-state index in [9.17, 15) is 18.1 Å². The number of unbranched alkanes of at least 4 members (excludes halogenated alkanes) is 13. The fraction of sp³-hybridized carbons (Fsp3) is 1.00. The van der Waals surface area contributed by atoms with Gasteiger partial charge in [0, 0.05) is 5.25 Å². The van der Waals surface area contributed by atoms with Crippen molar-refractivity contribution in [2.24, 2.45) is 0 Å². The zero-order valence-corrected chi connectivity index (χ0v) is 24.3. The van der Waals surface area contributed by atoms with Crippen molar-refractivity contribution < 1.29 is 69.5 Å². The van der Waals surface area contributed by atoms with Gasteiger partial charge in [0.15, 0.2) is 0 Å². The summed E-state index contributed by atoms with van der Waals surface area (Å²) in [5.74, 6) is 0. The summed E-state index contributed by atoms with van der Waals surface area (Å²) in [5.41, 5.74) is 0. The third kappa shape index (κ3) is 22.7. The minimum absolute atomic E-state index is 0. The van der Waals surface area contributed by atoms with Crippen LogP contribution in [0.2, 0.25) is 0 Å². The second-order valence-corrected chi connectivity index (χ2v) is 10.5. The zero-order chi connectivity index (χ0) is 21.8. The van der Waals surface area contributed by atoms with Crippen molar-refractivity contribution in [3.05, 3.63) is 0 Å². The molecule has 0 aromatic carbocycles. The Bertz CT molecular complexity index is 442. The van der Waals surface area contributed by atoms with Crippen molar-refractivity contribution in [3.63, 3.8) is 0 Å². The van der Waals surface area contributed by atoms with Crippen LogP contribution in [0.3, 0.4) is 0 Å². The molecule has 30 heavy (non-hydrogen) atoms. The maximum absolute atomic E-state index is 11.2. The van der Waals surface area contributed by atoms with Crippen LogP contribution in [0.4, 0.5) is 0 Å². The minimum Gasteiger partial charge on any atom is -0.748 e. The summed E-state index contributed by atoms with van der Waals surface area (Å²) in [4.78, 5) is 0. The molecule has 0 saturated heterocycles. The third-order valence-electron chi connectivity index (χ3n) is 5.97. The molecule has 0 amide bonds. The van der Waals surface area contributed by atoms with Crippen molar-refractivity contribution >= 4 is 10.1 Å². The summed E-state index contributed by atoms with van der Waals surface area (Å²) in [7, 11) is -4.12. The molecular formula is C24H49KO4S. The molecule has 0 spiro atoms. The number of hydrogen-bond acceptors (Lipinski definition) is 4. The van der Waals surface area contributed by atoms with Gasteiger partial charge in [-0.05, 0) is 25.7 Å². The van der Waals surface area contributed by atoms with E-state index in [1.54, 1.807) is 0 Å². The molecule has 0 saturated carbocycles. The molecule has 4 nitrogen and oxygen atoms in total. The van der Waals surface area contributed by atoms with Crippen LogP contribution in [0.15, 0.2) is 0 Å². The predicted octanol–water partition coefficient (Wildman–Crippen LogP) is 4.11. The van der Waals surface area contributed by atoms with Gasteiger partial charge in [-0.25, -0.2) is 8.42 Å². The van der Waals surface area contributed by atoms with Crippen molar-refractivity contribution in [2.45, 2.75) is 154 Å². The van der Waals surface area contributed by atoms with E-state index in [4.69, 9.17) is 0 Å². The normalized spacial score (nSPS) is 13.7. The van der Waals surface area contributed by atoms with Gasteiger partial charge in [-0.2, -0.15) is 0 Å². The Morgan fingerprint density at radius 2 is 0.967 bits per heavy atom. The molecule has 6 heteroatoms. The molecule has 0 aliphatic heterocycles. The second-order valence-electron chi connectivity index (χ2n) is 8.87. The average molecular weight is 473 g/mol. The van der Waals surface area contributed by atoms with E-state index in [0.717, 1.165) is 44.9 Å². The molecule has 0 aliphatic rings. The first kappa shape index (κ1) is 33.7. The second kappa shape index (κ2) is 23.7. The number of rotatable bonds is 22. The first-order valence-electron chi connectivity index (χ1n) is 12.5. The van der Waals surface area contributed by atoms with Crippen LogP contribution in [0, 0.1) is 0 Å². The molecule has 0 aromatic heterocycles. The van der Waals surface area contributed by atoms with Crippen molar-refractivity contribution in [1.29, 1.82) is 0 Å². The maximum Gasteiger partial charge on any atom is 1.00 e. The van der Waals surface area contributed by atoms with Gasteiger partial charge in [0.25, 0.3) is 0 Å². The molecule has 0 aromatic rings. The smallest absolute Gasteiger partial charge is 0.748 e. The van der Waals surface area contributed by atoms with Crippen LogP contribution < -0.4 is 51.4 Å². The zero-order valence-electron chi connectivity index (χ0n) is 20.4. The van der Waals surface area contributed by atoms with E-state index in [-0.39, 0.29) is 57.5 Å². The Morgan fingerprint density at radius 1 is 0.600 bits per heavy atom. The summed E-state index contributed by atoms with van der Waals surface area (Å²) in [5, 5.41) is 9.29. The molecular weight excluding hydrogens is 423 g/mol. The maximum atomic E-state index is 11.2. The summed E-state index contributed by atoms with van der Waals surface area (Å²) in [6, 6.07) is 0. The van der Waals surface area contributed by atoms with E-state index in [1.165, 1.54) is 70.6 Å². The summed E-state index contributed by atoms with van der Waals surface area (Å²) >= 11 is 0. The molecule has 2 unspecified atom stereocenters. The van der Waals surface area contributed by atoms with E-state index in [0.29, 0.717) is 12.8 Å². The quantitative estimate of drug-likeness (QED) is 0.146. The molecule has 0 rings (SSSR count). The molecule has 2 atom stereocenters. The van der Waals surface area contributed by atoms with Gasteiger partial charge in [0.2, 0.25) is 0 Å². The summed E-state index contributed by atoms with van der Waals surface area (Å²) in [6.07, 6.45) is 21.7. The van der Waals surface area contributed by atoms with E-state index >= 15 is 0 Å². The van der Waals surface area contributed by atoms with Gasteiger partial charge in [-0.1, -0.05) is 117 Å². The number of aliphatic hydroxyl groups excluding tert-OH is 1. The SMILES string of the molecule is CCCCCCC(O)CCCCCCCCCCCCCC(CCC)S(=O)(=O)[O-].[K+]. The van der Waals surface area contributed by atoms with Gasteiger partial charge in [-0.15, -0.1) is 0 Å². The van der Waals surface area contributed by atoms with Gasteiger partial charge >= 0.3 is 51.4 Å². The first-order valence-corrected chi connectivity index (χ1v) is 14.0. The fourth-order valence-electron chi connectivity index (χ4n) is 4.05. The Kier molecular flexibility index (Phi) is 26.6. The Labute approximate surface area is 230 Å². The van der Waals surface area contributed by atoms with E-state index in [2.05, 4.69) is 6.92 Å². The molecule has 0 bridgehead atoms. The number of hydrogen-bond donors (Lipinski definition) is 1. The summed E-state index contributed by atoms with van der Waals surface area (Å²) in [6.45, 7) is 4.14. The standard InChI is InChI=1S/C24H50O4S.K/c1-3-5-6-16-20-23(25)21-17-14-12-10-8-7-9-11-13-15-18-22-24(19-4-2)29(26,27)28;/h23-25H,3-22H2,1-2H3,(H,26,27,28);/q;+1/p-1. The number of aliphatic hydroxyl groups is 1. The first-order chi connectivity index (χ1) is 13.9. The van der Waals surface area contributed by atoms with Crippen molar-refractivity contribution in [1.82, 2.24) is 0 Å². The van der Waals surface area contributed by atoms with Gasteiger partial charge < -0.3 is 9.66 Å². The van der Waals surface area contributed by atoms with Gasteiger partial charge in [-0.3, -0.25) is 0 Å². The van der Waals surface area contributed by atoms with Crippen LogP contribution in [0.5, 0.6) is 0 Å². The molecule has 0 radical (unpaired) electrons. The molecule has 0 heterocycles. The van der Waals surface area contributed by atoms with Crippen LogP contribution in [-0.4, -0.2) is 29.4 Å². The monoisotopic (exact) mass is 472 g/mol. The molecule has 0 fully saturated rings. The predicted molar refractivity (Wildman–Crippen MR) is 123 cm³/mol. The van der Waals surface area contributed by atoms with E-state index in [1.807, 2.05) is 6.92 Å². The molecule has 176 valence electrons. The van der Waals surface area contributed by atoms with Crippen molar-refractivity contribution in [3.8, 4) is 0 Å². The van der Waals surface area contributed by atoms with Crippen LogP contribution in [0.1, 0.15) is 142 Å². The topological polar surface area (TPSA) is 77.4 Å². The minimum atomic E-state index is -4.12. The van der Waals surface area contributed by atoms with Crippen molar-refractivity contribution in [2.75, 3.05) is 0 Å². The fourth-order valence-corrected chi connectivity index (χ4v) is 5.03.